The van der Waals surface area contributed by atoms with Crippen molar-refractivity contribution in [1.82, 2.24) is 15.0 Å². The lowest BCUT2D eigenvalue weighted by molar-refractivity contribution is -0.125. The molecule has 1 aromatic heterocycles. The summed E-state index contributed by atoms with van der Waals surface area (Å²) in [5.41, 5.74) is 0.783. The first-order chi connectivity index (χ1) is 13.2. The number of nitrogens with one attached hydrogen (secondary N) is 2. The van der Waals surface area contributed by atoms with E-state index in [1.165, 1.54) is 17.8 Å². The molecule has 6 nitrogen and oxygen atoms in total. The molecule has 28 heavy (non-hydrogen) atoms. The molecule has 0 spiro atoms. The summed E-state index contributed by atoms with van der Waals surface area (Å²) in [6.45, 7) is 7.74. The van der Waals surface area contributed by atoms with Crippen molar-refractivity contribution in [3.05, 3.63) is 23.2 Å². The largest absolute Gasteiger partial charge is 0.352 e. The van der Waals surface area contributed by atoms with Gasteiger partial charge in [-0.2, -0.15) is 4.72 Å². The summed E-state index contributed by atoms with van der Waals surface area (Å²) < 4.78 is 29.4. The fourth-order valence-corrected chi connectivity index (χ4v) is 6.03. The van der Waals surface area contributed by atoms with E-state index in [1.807, 2.05) is 20.8 Å². The van der Waals surface area contributed by atoms with Gasteiger partial charge in [-0.05, 0) is 49.8 Å². The summed E-state index contributed by atoms with van der Waals surface area (Å²) in [7, 11) is -3.82. The molecular formula is C20H29N3O3S2. The van der Waals surface area contributed by atoms with Gasteiger partial charge < -0.3 is 5.32 Å². The average Bonchev–Trinajstić information content (AvgIpc) is 3.00. The SMILES string of the molecule is Cc1nc2ccc(S(=O)(=O)NC(C(=O)NC3CCCCC3C)C(C)C)cc2s1. The van der Waals surface area contributed by atoms with E-state index in [1.54, 1.807) is 18.2 Å². The Kier molecular flexibility index (Phi) is 6.41. The van der Waals surface area contributed by atoms with Crippen molar-refractivity contribution >= 4 is 37.5 Å². The van der Waals surface area contributed by atoms with Gasteiger partial charge in [0.2, 0.25) is 15.9 Å². The molecule has 1 amide bonds. The second-order valence-corrected chi connectivity index (χ2v) is 11.0. The number of hydrogen-bond donors (Lipinski definition) is 2. The topological polar surface area (TPSA) is 88.2 Å². The zero-order chi connectivity index (χ0) is 20.5. The molecule has 8 heteroatoms. The molecule has 2 N–H and O–H groups in total. The zero-order valence-electron chi connectivity index (χ0n) is 16.9. The molecule has 0 aliphatic heterocycles. The van der Waals surface area contributed by atoms with Gasteiger partial charge in [-0.25, -0.2) is 13.4 Å². The second-order valence-electron chi connectivity index (χ2n) is 8.08. The summed E-state index contributed by atoms with van der Waals surface area (Å²) in [6, 6.07) is 4.19. The third-order valence-electron chi connectivity index (χ3n) is 5.45. The van der Waals surface area contributed by atoms with Crippen LogP contribution in [0.25, 0.3) is 10.2 Å². The van der Waals surface area contributed by atoms with E-state index < -0.39 is 16.1 Å². The van der Waals surface area contributed by atoms with Crippen LogP contribution in [0.2, 0.25) is 0 Å². The Morgan fingerprint density at radius 1 is 1.25 bits per heavy atom. The highest BCUT2D eigenvalue weighted by atomic mass is 32.2. The third-order valence-corrected chi connectivity index (χ3v) is 7.82. The number of rotatable bonds is 6. The number of thiazole rings is 1. The van der Waals surface area contributed by atoms with Gasteiger partial charge in [-0.3, -0.25) is 4.79 Å². The second kappa shape index (κ2) is 8.47. The fourth-order valence-electron chi connectivity index (χ4n) is 3.72. The highest BCUT2D eigenvalue weighted by Crippen LogP contribution is 2.26. The number of aryl methyl sites for hydroxylation is 1. The molecule has 1 saturated carbocycles. The van der Waals surface area contributed by atoms with Crippen molar-refractivity contribution in [3.8, 4) is 0 Å². The van der Waals surface area contributed by atoms with Crippen LogP contribution in [-0.4, -0.2) is 31.4 Å². The quantitative estimate of drug-likeness (QED) is 0.743. The molecule has 0 radical (unpaired) electrons. The molecule has 3 rings (SSSR count). The van der Waals surface area contributed by atoms with Gasteiger partial charge in [0.25, 0.3) is 0 Å². The third kappa shape index (κ3) is 4.72. The maximum absolute atomic E-state index is 13.0. The number of carbonyl (C=O) groups excluding carboxylic acids is 1. The van der Waals surface area contributed by atoms with Crippen molar-refractivity contribution in [2.75, 3.05) is 0 Å². The molecule has 1 aliphatic carbocycles. The number of fused-ring (bicyclic) bond motifs is 1. The Morgan fingerprint density at radius 3 is 2.64 bits per heavy atom. The number of aromatic nitrogens is 1. The normalized spacial score (nSPS) is 21.8. The maximum atomic E-state index is 13.0. The lowest BCUT2D eigenvalue weighted by atomic mass is 9.85. The summed E-state index contributed by atoms with van der Waals surface area (Å²) in [5, 5.41) is 3.97. The Bertz CT molecular complexity index is 953. The molecule has 0 bridgehead atoms. The van der Waals surface area contributed by atoms with Gasteiger partial charge >= 0.3 is 0 Å². The predicted molar refractivity (Wildman–Crippen MR) is 113 cm³/mol. The van der Waals surface area contributed by atoms with Crippen molar-refractivity contribution in [1.29, 1.82) is 0 Å². The zero-order valence-corrected chi connectivity index (χ0v) is 18.5. The van der Waals surface area contributed by atoms with Crippen molar-refractivity contribution < 1.29 is 13.2 Å². The first-order valence-corrected chi connectivity index (χ1v) is 12.2. The Morgan fingerprint density at radius 2 is 1.96 bits per heavy atom. The Hall–Kier alpha value is -1.51. The molecule has 3 unspecified atom stereocenters. The van der Waals surface area contributed by atoms with Crippen LogP contribution in [0.1, 0.15) is 51.5 Å². The van der Waals surface area contributed by atoms with Crippen molar-refractivity contribution in [2.45, 2.75) is 70.4 Å². The number of hydrogen-bond acceptors (Lipinski definition) is 5. The predicted octanol–water partition coefficient (Wildman–Crippen LogP) is 3.60. The first-order valence-electron chi connectivity index (χ1n) is 9.87. The average molecular weight is 424 g/mol. The summed E-state index contributed by atoms with van der Waals surface area (Å²) in [4.78, 5) is 17.4. The van der Waals surface area contributed by atoms with Crippen LogP contribution >= 0.6 is 11.3 Å². The minimum Gasteiger partial charge on any atom is -0.352 e. The Labute approximate surface area is 171 Å². The van der Waals surface area contributed by atoms with E-state index in [0.717, 1.165) is 34.5 Å². The van der Waals surface area contributed by atoms with Gasteiger partial charge in [-0.15, -0.1) is 11.3 Å². The highest BCUT2D eigenvalue weighted by Gasteiger charge is 2.31. The summed E-state index contributed by atoms with van der Waals surface area (Å²) >= 11 is 1.45. The minimum absolute atomic E-state index is 0.114. The van der Waals surface area contributed by atoms with Gasteiger partial charge in [0, 0.05) is 6.04 Å². The van der Waals surface area contributed by atoms with Crippen LogP contribution < -0.4 is 10.0 Å². The standard InChI is InChI=1S/C20H29N3O3S2/c1-12(2)19(20(24)22-16-8-6-5-7-13(16)3)23-28(25,26)15-9-10-17-18(11-15)27-14(4)21-17/h9-13,16,19,23H,5-8H2,1-4H3,(H,22,24). The fraction of sp³-hybridized carbons (Fsp3) is 0.600. The molecule has 3 atom stereocenters. The molecule has 1 aromatic carbocycles. The van der Waals surface area contributed by atoms with Crippen LogP contribution in [-0.2, 0) is 14.8 Å². The smallest absolute Gasteiger partial charge is 0.241 e. The number of amides is 1. The molecule has 0 saturated heterocycles. The van der Waals surface area contributed by atoms with Crippen molar-refractivity contribution in [2.24, 2.45) is 11.8 Å². The van der Waals surface area contributed by atoms with E-state index in [-0.39, 0.29) is 22.8 Å². The van der Waals surface area contributed by atoms with Gasteiger partial charge in [0.05, 0.1) is 20.1 Å². The number of carbonyl (C=O) groups is 1. The van der Waals surface area contributed by atoms with E-state index in [9.17, 15) is 13.2 Å². The van der Waals surface area contributed by atoms with Gasteiger partial charge in [-0.1, -0.05) is 33.6 Å². The van der Waals surface area contributed by atoms with Gasteiger partial charge in [0.15, 0.2) is 0 Å². The number of benzene rings is 1. The molecule has 1 aliphatic rings. The molecule has 1 fully saturated rings. The summed E-state index contributed by atoms with van der Waals surface area (Å²) in [6.07, 6.45) is 4.33. The monoisotopic (exact) mass is 423 g/mol. The van der Waals surface area contributed by atoms with Crippen LogP contribution in [0.15, 0.2) is 23.1 Å². The highest BCUT2D eigenvalue weighted by molar-refractivity contribution is 7.89. The Balaban J connectivity index is 1.78. The van der Waals surface area contributed by atoms with Crippen LogP contribution in [0.3, 0.4) is 0 Å². The maximum Gasteiger partial charge on any atom is 0.241 e. The van der Waals surface area contributed by atoms with Crippen molar-refractivity contribution in [3.63, 3.8) is 0 Å². The van der Waals surface area contributed by atoms with E-state index in [0.29, 0.717) is 5.92 Å². The molecule has 2 aromatic rings. The van der Waals surface area contributed by atoms with E-state index in [2.05, 4.69) is 21.9 Å². The van der Waals surface area contributed by atoms with E-state index >= 15 is 0 Å². The lowest BCUT2D eigenvalue weighted by Crippen LogP contribution is -2.53. The van der Waals surface area contributed by atoms with Crippen LogP contribution in [0.5, 0.6) is 0 Å². The molecule has 1 heterocycles. The number of sulfonamides is 1. The first kappa shape index (κ1) is 21.2. The van der Waals surface area contributed by atoms with Gasteiger partial charge in [0.1, 0.15) is 6.04 Å². The molecular weight excluding hydrogens is 394 g/mol. The lowest BCUT2D eigenvalue weighted by Gasteiger charge is -2.31. The minimum atomic E-state index is -3.82. The number of nitrogens with zero attached hydrogens (tertiary/aromatic N) is 1. The molecule has 154 valence electrons. The van der Waals surface area contributed by atoms with E-state index in [4.69, 9.17) is 0 Å². The van der Waals surface area contributed by atoms with Crippen LogP contribution in [0.4, 0.5) is 0 Å². The summed E-state index contributed by atoms with van der Waals surface area (Å²) in [5.74, 6) is 0.00850. The van der Waals surface area contributed by atoms with Crippen LogP contribution in [0, 0.1) is 18.8 Å².